The third-order valence-electron chi connectivity index (χ3n) is 3.79. The number of carbonyl (C=O) groups is 2. The number of amides is 1. The Morgan fingerprint density at radius 1 is 1.22 bits per heavy atom. The van der Waals surface area contributed by atoms with Crippen LogP contribution in [0.15, 0.2) is 0 Å². The lowest BCUT2D eigenvalue weighted by Gasteiger charge is -2.22. The molecule has 1 rings (SSSR count). The molecule has 0 bridgehead atoms. The molecule has 0 radical (unpaired) electrons. The van der Waals surface area contributed by atoms with E-state index >= 15 is 0 Å². The summed E-state index contributed by atoms with van der Waals surface area (Å²) in [5.41, 5.74) is 0. The Balaban J connectivity index is 2.20. The van der Waals surface area contributed by atoms with Gasteiger partial charge in [0.1, 0.15) is 6.54 Å². The van der Waals surface area contributed by atoms with E-state index in [9.17, 15) is 9.59 Å². The van der Waals surface area contributed by atoms with Crippen LogP contribution in [0.5, 0.6) is 0 Å². The van der Waals surface area contributed by atoms with Crippen molar-refractivity contribution in [3.63, 3.8) is 0 Å². The molecular weight excluding hydrogens is 230 g/mol. The van der Waals surface area contributed by atoms with Crippen LogP contribution in [0.4, 0.5) is 0 Å². The molecule has 0 aliphatic heterocycles. The van der Waals surface area contributed by atoms with Crippen molar-refractivity contribution in [2.75, 3.05) is 13.1 Å². The molecule has 0 atom stereocenters. The van der Waals surface area contributed by atoms with Crippen LogP contribution in [0.1, 0.15) is 58.3 Å². The van der Waals surface area contributed by atoms with Crippen molar-refractivity contribution in [3.8, 4) is 0 Å². The lowest BCUT2D eigenvalue weighted by atomic mass is 9.86. The molecule has 0 aromatic rings. The highest BCUT2D eigenvalue weighted by Crippen LogP contribution is 2.27. The highest BCUT2D eigenvalue weighted by atomic mass is 16.4. The molecule has 1 aliphatic carbocycles. The molecule has 0 unspecified atom stereocenters. The van der Waals surface area contributed by atoms with E-state index < -0.39 is 5.97 Å². The van der Waals surface area contributed by atoms with Crippen LogP contribution < -0.4 is 0 Å². The monoisotopic (exact) mass is 255 g/mol. The zero-order valence-electron chi connectivity index (χ0n) is 11.4. The molecule has 0 aromatic heterocycles. The van der Waals surface area contributed by atoms with Gasteiger partial charge in [-0.3, -0.25) is 9.59 Å². The van der Waals surface area contributed by atoms with Gasteiger partial charge >= 0.3 is 5.97 Å². The second-order valence-electron chi connectivity index (χ2n) is 5.20. The quantitative estimate of drug-likeness (QED) is 0.761. The van der Waals surface area contributed by atoms with Crippen LogP contribution in [0.25, 0.3) is 0 Å². The molecule has 0 aromatic carbocycles. The molecule has 1 saturated carbocycles. The molecule has 4 heteroatoms. The number of nitrogens with zero attached hydrogens (tertiary/aromatic N) is 1. The fraction of sp³-hybridized carbons (Fsp3) is 0.857. The minimum Gasteiger partial charge on any atom is -0.480 e. The summed E-state index contributed by atoms with van der Waals surface area (Å²) >= 11 is 0. The number of likely N-dealkylation sites (N-methyl/N-ethyl adjacent to an activating group) is 1. The molecule has 104 valence electrons. The maximum atomic E-state index is 11.8. The number of hydrogen-bond donors (Lipinski definition) is 1. The largest absolute Gasteiger partial charge is 0.480 e. The summed E-state index contributed by atoms with van der Waals surface area (Å²) in [6.07, 6.45) is 9.16. The van der Waals surface area contributed by atoms with Gasteiger partial charge in [-0.15, -0.1) is 0 Å². The molecule has 1 N–H and O–H groups in total. The average molecular weight is 255 g/mol. The highest BCUT2D eigenvalue weighted by Gasteiger charge is 2.17. The lowest BCUT2D eigenvalue weighted by molar-refractivity contribution is -0.144. The molecule has 0 spiro atoms. The van der Waals surface area contributed by atoms with Crippen molar-refractivity contribution in [2.24, 2.45) is 5.92 Å². The first-order valence-electron chi connectivity index (χ1n) is 7.13. The van der Waals surface area contributed by atoms with Crippen LogP contribution in [-0.2, 0) is 9.59 Å². The lowest BCUT2D eigenvalue weighted by Crippen LogP contribution is -2.35. The zero-order chi connectivity index (χ0) is 13.4. The zero-order valence-corrected chi connectivity index (χ0v) is 11.4. The summed E-state index contributed by atoms with van der Waals surface area (Å²) in [6, 6.07) is 0. The Hall–Kier alpha value is -1.06. The van der Waals surface area contributed by atoms with E-state index in [0.29, 0.717) is 13.0 Å². The average Bonchev–Trinajstić information content (AvgIpc) is 2.36. The minimum absolute atomic E-state index is 0.0179. The van der Waals surface area contributed by atoms with E-state index in [1.165, 1.54) is 37.0 Å². The Morgan fingerprint density at radius 2 is 1.89 bits per heavy atom. The standard InChI is InChI=1S/C14H25NO3/c1-2-15(11-14(17)18)13(16)10-6-9-12-7-4-3-5-8-12/h12H,2-11H2,1H3,(H,17,18). The summed E-state index contributed by atoms with van der Waals surface area (Å²) in [4.78, 5) is 23.8. The molecule has 4 nitrogen and oxygen atoms in total. The summed E-state index contributed by atoms with van der Waals surface area (Å²) in [5, 5.41) is 8.70. The van der Waals surface area contributed by atoms with Crippen molar-refractivity contribution >= 4 is 11.9 Å². The van der Waals surface area contributed by atoms with Gasteiger partial charge < -0.3 is 10.0 Å². The summed E-state index contributed by atoms with van der Waals surface area (Å²) < 4.78 is 0. The number of rotatable bonds is 7. The van der Waals surface area contributed by atoms with Crippen LogP contribution in [0.2, 0.25) is 0 Å². The number of carboxylic acid groups (broad SMARTS) is 1. The molecule has 1 amide bonds. The van der Waals surface area contributed by atoms with E-state index in [1.807, 2.05) is 6.92 Å². The second kappa shape index (κ2) is 8.11. The fourth-order valence-corrected chi connectivity index (χ4v) is 2.72. The van der Waals surface area contributed by atoms with Crippen LogP contribution in [0.3, 0.4) is 0 Å². The van der Waals surface area contributed by atoms with Gasteiger partial charge in [-0.25, -0.2) is 0 Å². The number of carbonyl (C=O) groups excluding carboxylic acids is 1. The van der Waals surface area contributed by atoms with E-state index in [2.05, 4.69) is 0 Å². The van der Waals surface area contributed by atoms with Gasteiger partial charge in [-0.2, -0.15) is 0 Å². The Bertz CT molecular complexity index is 272. The van der Waals surface area contributed by atoms with Gasteiger partial charge in [0.25, 0.3) is 0 Å². The maximum absolute atomic E-state index is 11.8. The van der Waals surface area contributed by atoms with Gasteiger partial charge in [-0.05, 0) is 25.7 Å². The third-order valence-corrected chi connectivity index (χ3v) is 3.79. The predicted molar refractivity (Wildman–Crippen MR) is 70.3 cm³/mol. The molecule has 1 fully saturated rings. The number of aliphatic carboxylic acids is 1. The van der Waals surface area contributed by atoms with E-state index in [0.717, 1.165) is 18.8 Å². The van der Waals surface area contributed by atoms with Gasteiger partial charge in [0.15, 0.2) is 0 Å². The topological polar surface area (TPSA) is 57.6 Å². The van der Waals surface area contributed by atoms with Crippen molar-refractivity contribution in [1.82, 2.24) is 4.90 Å². The molecule has 0 heterocycles. The first kappa shape index (κ1) is 15.0. The van der Waals surface area contributed by atoms with E-state index in [4.69, 9.17) is 5.11 Å². The maximum Gasteiger partial charge on any atom is 0.323 e. The fourth-order valence-electron chi connectivity index (χ4n) is 2.72. The third kappa shape index (κ3) is 5.52. The van der Waals surface area contributed by atoms with E-state index in [1.54, 1.807) is 0 Å². The van der Waals surface area contributed by atoms with Crippen molar-refractivity contribution in [1.29, 1.82) is 0 Å². The summed E-state index contributed by atoms with van der Waals surface area (Å²) in [6.45, 7) is 2.13. The van der Waals surface area contributed by atoms with Crippen molar-refractivity contribution in [3.05, 3.63) is 0 Å². The normalized spacial score (nSPS) is 16.5. The number of carboxylic acids is 1. The van der Waals surface area contributed by atoms with Crippen molar-refractivity contribution in [2.45, 2.75) is 58.3 Å². The van der Waals surface area contributed by atoms with Gasteiger partial charge in [0.2, 0.25) is 5.91 Å². The van der Waals surface area contributed by atoms with Gasteiger partial charge in [-0.1, -0.05) is 32.1 Å². The molecule has 1 aliphatic rings. The SMILES string of the molecule is CCN(CC(=O)O)C(=O)CCCC1CCCCC1. The van der Waals surface area contributed by atoms with Crippen LogP contribution in [-0.4, -0.2) is 35.0 Å². The first-order valence-corrected chi connectivity index (χ1v) is 7.13. The Morgan fingerprint density at radius 3 is 2.44 bits per heavy atom. The highest BCUT2D eigenvalue weighted by molar-refractivity contribution is 5.81. The molecular formula is C14H25NO3. The van der Waals surface area contributed by atoms with Crippen molar-refractivity contribution < 1.29 is 14.7 Å². The Kier molecular flexibility index (Phi) is 6.76. The smallest absolute Gasteiger partial charge is 0.323 e. The van der Waals surface area contributed by atoms with Gasteiger partial charge in [0, 0.05) is 13.0 Å². The summed E-state index contributed by atoms with van der Waals surface area (Å²) in [5.74, 6) is -0.158. The predicted octanol–water partition coefficient (Wildman–Crippen LogP) is 2.67. The Labute approximate surface area is 109 Å². The summed E-state index contributed by atoms with van der Waals surface area (Å²) in [7, 11) is 0. The minimum atomic E-state index is -0.933. The van der Waals surface area contributed by atoms with Crippen LogP contribution in [0, 0.1) is 5.92 Å². The van der Waals surface area contributed by atoms with E-state index in [-0.39, 0.29) is 12.5 Å². The second-order valence-corrected chi connectivity index (χ2v) is 5.20. The van der Waals surface area contributed by atoms with Crippen LogP contribution >= 0.6 is 0 Å². The number of hydrogen-bond acceptors (Lipinski definition) is 2. The molecule has 18 heavy (non-hydrogen) atoms. The van der Waals surface area contributed by atoms with Gasteiger partial charge in [0.05, 0.1) is 0 Å². The first-order chi connectivity index (χ1) is 8.63. The molecule has 0 saturated heterocycles.